The topological polar surface area (TPSA) is 52.6 Å². The Morgan fingerprint density at radius 3 is 2.59 bits per heavy atom. The minimum atomic E-state index is -4.58. The van der Waals surface area contributed by atoms with E-state index in [0.29, 0.717) is 6.54 Å². The number of carbonyl (C=O) groups excluding carboxylic acids is 1. The summed E-state index contributed by atoms with van der Waals surface area (Å²) in [6.45, 7) is 3.22. The van der Waals surface area contributed by atoms with E-state index >= 15 is 0 Å². The summed E-state index contributed by atoms with van der Waals surface area (Å²) in [5, 5.41) is 12.2. The van der Waals surface area contributed by atoms with Crippen molar-refractivity contribution in [1.82, 2.24) is 10.2 Å². The van der Waals surface area contributed by atoms with Gasteiger partial charge in [0.25, 0.3) is 0 Å². The molecule has 4 nitrogen and oxygen atoms in total. The van der Waals surface area contributed by atoms with Crippen molar-refractivity contribution in [2.24, 2.45) is 5.92 Å². The second-order valence-corrected chi connectivity index (χ2v) is 8.05. The molecule has 22 heavy (non-hydrogen) atoms. The Kier molecular flexibility index (Phi) is 5.53. The summed E-state index contributed by atoms with van der Waals surface area (Å²) in [6, 6.07) is -0.214. The molecule has 0 saturated carbocycles. The molecule has 0 spiro atoms. The van der Waals surface area contributed by atoms with Crippen LogP contribution in [0.25, 0.3) is 0 Å². The highest BCUT2D eigenvalue weighted by molar-refractivity contribution is 8.00. The highest BCUT2D eigenvalue weighted by atomic mass is 32.2. The summed E-state index contributed by atoms with van der Waals surface area (Å²) in [6.07, 6.45) is -4.29. The molecule has 2 N–H and O–H groups in total. The normalized spacial score (nSPS) is 28.7. The van der Waals surface area contributed by atoms with Gasteiger partial charge in [-0.25, -0.2) is 4.79 Å². The highest BCUT2D eigenvalue weighted by Gasteiger charge is 2.44. The monoisotopic (exact) mass is 340 g/mol. The second-order valence-electron chi connectivity index (χ2n) is 6.37. The van der Waals surface area contributed by atoms with Crippen molar-refractivity contribution >= 4 is 17.8 Å². The molecule has 0 radical (unpaired) electrons. The first-order valence-corrected chi connectivity index (χ1v) is 8.61. The van der Waals surface area contributed by atoms with Gasteiger partial charge in [-0.2, -0.15) is 24.9 Å². The SMILES string of the molecule is C[C@@]1(CNC(=O)N2CCC([C@@H](O)C(F)(F)F)CC2)CCCS1. The number of carbonyl (C=O) groups is 1. The molecule has 128 valence electrons. The van der Waals surface area contributed by atoms with Crippen LogP contribution in [0.3, 0.4) is 0 Å². The van der Waals surface area contributed by atoms with E-state index in [1.54, 1.807) is 4.90 Å². The van der Waals surface area contributed by atoms with Gasteiger partial charge in [-0.05, 0) is 44.3 Å². The van der Waals surface area contributed by atoms with Gasteiger partial charge >= 0.3 is 12.2 Å². The van der Waals surface area contributed by atoms with Crippen LogP contribution in [0, 0.1) is 5.92 Å². The van der Waals surface area contributed by atoms with E-state index in [4.69, 9.17) is 0 Å². The molecule has 2 aliphatic heterocycles. The summed E-state index contributed by atoms with van der Waals surface area (Å²) in [4.78, 5) is 13.6. The molecular weight excluding hydrogens is 317 g/mol. The first kappa shape index (κ1) is 17.7. The van der Waals surface area contributed by atoms with Gasteiger partial charge in [0.1, 0.15) is 0 Å². The maximum absolute atomic E-state index is 12.5. The predicted molar refractivity (Wildman–Crippen MR) is 79.9 cm³/mol. The van der Waals surface area contributed by atoms with Crippen molar-refractivity contribution in [3.63, 3.8) is 0 Å². The van der Waals surface area contributed by atoms with Crippen molar-refractivity contribution in [3.05, 3.63) is 0 Å². The van der Waals surface area contributed by atoms with E-state index in [-0.39, 0.29) is 36.7 Å². The molecule has 0 aromatic rings. The van der Waals surface area contributed by atoms with Crippen LogP contribution < -0.4 is 5.32 Å². The number of aliphatic hydroxyl groups is 1. The number of thioether (sulfide) groups is 1. The van der Waals surface area contributed by atoms with Gasteiger partial charge in [-0.15, -0.1) is 0 Å². The summed E-state index contributed by atoms with van der Waals surface area (Å²) in [5.41, 5.74) is 0. The Balaban J connectivity index is 1.75. The number of amides is 2. The zero-order valence-corrected chi connectivity index (χ0v) is 13.5. The molecule has 2 heterocycles. The minimum Gasteiger partial charge on any atom is -0.383 e. The summed E-state index contributed by atoms with van der Waals surface area (Å²) in [7, 11) is 0. The Morgan fingerprint density at radius 2 is 2.09 bits per heavy atom. The maximum Gasteiger partial charge on any atom is 0.414 e. The zero-order chi connectivity index (χ0) is 16.4. The van der Waals surface area contributed by atoms with Crippen molar-refractivity contribution in [3.8, 4) is 0 Å². The van der Waals surface area contributed by atoms with Crippen LogP contribution in [0.1, 0.15) is 32.6 Å². The molecule has 2 aliphatic rings. The van der Waals surface area contributed by atoms with E-state index in [9.17, 15) is 23.1 Å². The second kappa shape index (κ2) is 6.86. The Hall–Kier alpha value is -0.630. The fourth-order valence-corrected chi connectivity index (χ4v) is 4.28. The van der Waals surface area contributed by atoms with Gasteiger partial charge in [0, 0.05) is 24.4 Å². The van der Waals surface area contributed by atoms with Crippen molar-refractivity contribution in [2.45, 2.75) is 49.6 Å². The molecule has 8 heteroatoms. The molecule has 2 saturated heterocycles. The number of hydrogen-bond donors (Lipinski definition) is 2. The molecule has 2 amide bonds. The number of rotatable bonds is 3. The number of alkyl halides is 3. The van der Waals surface area contributed by atoms with Crippen molar-refractivity contribution < 1.29 is 23.1 Å². The van der Waals surface area contributed by atoms with Crippen LogP contribution in [0.4, 0.5) is 18.0 Å². The molecular formula is C14H23F3N2O2S. The van der Waals surface area contributed by atoms with Crippen molar-refractivity contribution in [2.75, 3.05) is 25.4 Å². The first-order chi connectivity index (χ1) is 10.2. The van der Waals surface area contributed by atoms with E-state index in [1.165, 1.54) is 0 Å². The summed E-state index contributed by atoms with van der Waals surface area (Å²) in [5.74, 6) is 0.291. The number of nitrogens with zero attached hydrogens (tertiary/aromatic N) is 1. The molecule has 0 aliphatic carbocycles. The number of hydrogen-bond acceptors (Lipinski definition) is 3. The number of halogens is 3. The fourth-order valence-electron chi connectivity index (χ4n) is 3.04. The molecule has 0 bridgehead atoms. The third-order valence-corrected chi connectivity index (χ3v) is 6.06. The van der Waals surface area contributed by atoms with E-state index in [1.807, 2.05) is 11.8 Å². The molecule has 0 aromatic heterocycles. The highest BCUT2D eigenvalue weighted by Crippen LogP contribution is 2.37. The number of likely N-dealkylation sites (tertiary alicyclic amines) is 1. The Morgan fingerprint density at radius 1 is 1.45 bits per heavy atom. The number of nitrogens with one attached hydrogen (secondary N) is 1. The maximum atomic E-state index is 12.5. The smallest absolute Gasteiger partial charge is 0.383 e. The summed E-state index contributed by atoms with van der Waals surface area (Å²) < 4.78 is 37.5. The lowest BCUT2D eigenvalue weighted by Gasteiger charge is -2.35. The zero-order valence-electron chi connectivity index (χ0n) is 12.7. The van der Waals surface area contributed by atoms with Crippen LogP contribution >= 0.6 is 11.8 Å². The van der Waals surface area contributed by atoms with Gasteiger partial charge < -0.3 is 15.3 Å². The standard InChI is InChI=1S/C14H23F3N2O2S/c1-13(5-2-8-22-13)9-18-12(21)19-6-3-10(4-7-19)11(20)14(15,16)17/h10-11,20H,2-9H2,1H3,(H,18,21)/t11-,13+/m1/s1. The van der Waals surface area contributed by atoms with Gasteiger partial charge in [-0.1, -0.05) is 0 Å². The molecule has 0 unspecified atom stereocenters. The van der Waals surface area contributed by atoms with E-state index in [2.05, 4.69) is 12.2 Å². The lowest BCUT2D eigenvalue weighted by Crippen LogP contribution is -2.50. The number of urea groups is 1. The van der Waals surface area contributed by atoms with Crippen molar-refractivity contribution in [1.29, 1.82) is 0 Å². The Bertz CT molecular complexity index is 392. The predicted octanol–water partition coefficient (Wildman–Crippen LogP) is 2.62. The van der Waals surface area contributed by atoms with Gasteiger partial charge in [0.05, 0.1) is 0 Å². The third kappa shape index (κ3) is 4.44. The van der Waals surface area contributed by atoms with Crippen LogP contribution in [0.15, 0.2) is 0 Å². The average molecular weight is 340 g/mol. The molecule has 2 fully saturated rings. The first-order valence-electron chi connectivity index (χ1n) is 7.63. The van der Waals surface area contributed by atoms with E-state index < -0.39 is 18.2 Å². The van der Waals surface area contributed by atoms with Crippen LogP contribution in [-0.2, 0) is 0 Å². The lowest BCUT2D eigenvalue weighted by molar-refractivity contribution is -0.222. The lowest BCUT2D eigenvalue weighted by atomic mass is 9.91. The van der Waals surface area contributed by atoms with Gasteiger partial charge in [0.15, 0.2) is 6.10 Å². The molecule has 2 atom stereocenters. The number of piperidine rings is 1. The third-order valence-electron chi connectivity index (χ3n) is 4.52. The quantitative estimate of drug-likeness (QED) is 0.830. The average Bonchev–Trinajstić information content (AvgIpc) is 2.90. The number of aliphatic hydroxyl groups excluding tert-OH is 1. The molecule has 0 aromatic carbocycles. The van der Waals surface area contributed by atoms with E-state index in [0.717, 1.165) is 18.6 Å². The van der Waals surface area contributed by atoms with Gasteiger partial charge in [0.2, 0.25) is 0 Å². The fraction of sp³-hybridized carbons (Fsp3) is 0.929. The Labute approximate surface area is 132 Å². The van der Waals surface area contributed by atoms with Crippen LogP contribution in [0.2, 0.25) is 0 Å². The minimum absolute atomic E-state index is 0.0699. The van der Waals surface area contributed by atoms with Crippen LogP contribution in [-0.4, -0.2) is 58.5 Å². The molecule has 2 rings (SSSR count). The van der Waals surface area contributed by atoms with Crippen LogP contribution in [0.5, 0.6) is 0 Å². The largest absolute Gasteiger partial charge is 0.414 e. The summed E-state index contributed by atoms with van der Waals surface area (Å²) >= 11 is 1.85. The van der Waals surface area contributed by atoms with Gasteiger partial charge in [-0.3, -0.25) is 0 Å².